The summed E-state index contributed by atoms with van der Waals surface area (Å²) in [5, 5.41) is 4.93. The minimum atomic E-state index is -0.0711. The molecular weight excluding hydrogens is 424 g/mol. The van der Waals surface area contributed by atoms with Gasteiger partial charge in [0.1, 0.15) is 5.52 Å². The van der Waals surface area contributed by atoms with Crippen LogP contribution in [0.25, 0.3) is 21.8 Å². The van der Waals surface area contributed by atoms with Gasteiger partial charge in [-0.15, -0.1) is 0 Å². The summed E-state index contributed by atoms with van der Waals surface area (Å²) in [5.41, 5.74) is 2.28. The Morgan fingerprint density at radius 2 is 1.79 bits per heavy atom. The molecule has 0 bridgehead atoms. The molecule has 1 saturated heterocycles. The fourth-order valence-electron chi connectivity index (χ4n) is 5.99. The second-order valence-corrected chi connectivity index (χ2v) is 10.5. The molecule has 0 spiro atoms. The van der Waals surface area contributed by atoms with Crippen molar-refractivity contribution in [3.63, 3.8) is 0 Å². The first-order valence-corrected chi connectivity index (χ1v) is 13.2. The minimum absolute atomic E-state index is 0.0245. The lowest BCUT2D eigenvalue weighted by molar-refractivity contribution is 0.0951. The number of aromatic nitrogens is 2. The van der Waals surface area contributed by atoms with Crippen LogP contribution in [-0.2, 0) is 7.05 Å². The van der Waals surface area contributed by atoms with Crippen molar-refractivity contribution in [2.24, 2.45) is 13.0 Å². The van der Waals surface area contributed by atoms with Crippen molar-refractivity contribution in [1.29, 1.82) is 0 Å². The highest BCUT2D eigenvalue weighted by Gasteiger charge is 2.25. The van der Waals surface area contributed by atoms with Gasteiger partial charge in [-0.2, -0.15) is 0 Å². The third kappa shape index (κ3) is 4.40. The van der Waals surface area contributed by atoms with Crippen LogP contribution in [0.5, 0.6) is 0 Å². The number of nitrogens with one attached hydrogen (secondary N) is 1. The van der Waals surface area contributed by atoms with Crippen LogP contribution in [0.3, 0.4) is 0 Å². The molecular formula is C28H38N4O2. The molecule has 3 heterocycles. The summed E-state index contributed by atoms with van der Waals surface area (Å²) >= 11 is 0. The van der Waals surface area contributed by atoms with Gasteiger partial charge in [-0.05, 0) is 63.7 Å². The van der Waals surface area contributed by atoms with E-state index in [2.05, 4.69) is 17.1 Å². The largest absolute Gasteiger partial charge is 0.352 e. The van der Waals surface area contributed by atoms with Crippen molar-refractivity contribution >= 4 is 27.7 Å². The molecule has 0 unspecified atom stereocenters. The summed E-state index contributed by atoms with van der Waals surface area (Å²) in [7, 11) is 1.94. The van der Waals surface area contributed by atoms with E-state index in [-0.39, 0.29) is 17.5 Å². The fourth-order valence-corrected chi connectivity index (χ4v) is 5.99. The first-order valence-electron chi connectivity index (χ1n) is 13.2. The van der Waals surface area contributed by atoms with E-state index in [9.17, 15) is 9.59 Å². The van der Waals surface area contributed by atoms with Gasteiger partial charge in [-0.3, -0.25) is 9.59 Å². The van der Waals surface area contributed by atoms with E-state index in [1.165, 1.54) is 19.3 Å². The number of hydrogen-bond donors (Lipinski definition) is 1. The smallest absolute Gasteiger partial charge is 0.275 e. The van der Waals surface area contributed by atoms with Crippen LogP contribution in [0, 0.1) is 5.92 Å². The van der Waals surface area contributed by atoms with Crippen LogP contribution in [-0.4, -0.2) is 46.1 Å². The number of para-hydroxylation sites is 1. The van der Waals surface area contributed by atoms with Gasteiger partial charge in [0, 0.05) is 42.1 Å². The van der Waals surface area contributed by atoms with Gasteiger partial charge in [0.15, 0.2) is 0 Å². The number of hydrogen-bond acceptors (Lipinski definition) is 3. The van der Waals surface area contributed by atoms with E-state index in [1.54, 1.807) is 0 Å². The van der Waals surface area contributed by atoms with Crippen molar-refractivity contribution in [3.8, 4) is 0 Å². The van der Waals surface area contributed by atoms with Crippen molar-refractivity contribution in [1.82, 2.24) is 19.4 Å². The number of piperidine rings is 1. The maximum atomic E-state index is 13.7. The quantitative estimate of drug-likeness (QED) is 0.533. The van der Waals surface area contributed by atoms with Crippen LogP contribution in [0.15, 0.2) is 35.3 Å². The summed E-state index contributed by atoms with van der Waals surface area (Å²) in [4.78, 5) is 29.7. The number of likely N-dealkylation sites (tertiary alicyclic amines) is 1. The summed E-state index contributed by atoms with van der Waals surface area (Å²) in [6.07, 6.45) is 10.9. The summed E-state index contributed by atoms with van der Waals surface area (Å²) in [5.74, 6) is 0.761. The Morgan fingerprint density at radius 1 is 1.06 bits per heavy atom. The second-order valence-electron chi connectivity index (χ2n) is 10.5. The van der Waals surface area contributed by atoms with E-state index in [0.717, 1.165) is 73.9 Å². The maximum Gasteiger partial charge on any atom is 0.275 e. The topological polar surface area (TPSA) is 59.3 Å². The lowest BCUT2D eigenvalue weighted by Gasteiger charge is -2.30. The summed E-state index contributed by atoms with van der Waals surface area (Å²) in [6, 6.07) is 8.20. The second kappa shape index (κ2) is 9.95. The number of aryl methyl sites for hydroxylation is 1. The van der Waals surface area contributed by atoms with Gasteiger partial charge in [0.2, 0.25) is 0 Å². The van der Waals surface area contributed by atoms with Gasteiger partial charge in [-0.1, -0.05) is 44.4 Å². The van der Waals surface area contributed by atoms with Gasteiger partial charge in [0.05, 0.1) is 5.56 Å². The van der Waals surface area contributed by atoms with Crippen LogP contribution in [0.2, 0.25) is 0 Å². The molecule has 1 amide bonds. The third-order valence-electron chi connectivity index (χ3n) is 8.11. The first-order chi connectivity index (χ1) is 16.5. The predicted octanol–water partition coefficient (Wildman–Crippen LogP) is 4.85. The van der Waals surface area contributed by atoms with Crippen LogP contribution >= 0.6 is 0 Å². The normalized spacial score (nSPS) is 18.6. The van der Waals surface area contributed by atoms with E-state index >= 15 is 0 Å². The average molecular weight is 463 g/mol. The lowest BCUT2D eigenvalue weighted by Crippen LogP contribution is -2.35. The number of rotatable bonds is 6. The Kier molecular flexibility index (Phi) is 6.77. The van der Waals surface area contributed by atoms with E-state index in [1.807, 2.05) is 46.6 Å². The number of carbonyl (C=O) groups excluding carboxylic acids is 1. The summed E-state index contributed by atoms with van der Waals surface area (Å²) < 4.78 is 3.84. The first kappa shape index (κ1) is 23.2. The average Bonchev–Trinajstić information content (AvgIpc) is 3.17. The number of fused-ring (bicyclic) bond motifs is 3. The number of carbonyl (C=O) groups is 1. The zero-order chi connectivity index (χ0) is 23.7. The van der Waals surface area contributed by atoms with Crippen molar-refractivity contribution in [3.05, 3.63) is 46.4 Å². The van der Waals surface area contributed by atoms with Gasteiger partial charge in [-0.25, -0.2) is 0 Å². The van der Waals surface area contributed by atoms with Gasteiger partial charge in [0.25, 0.3) is 11.5 Å². The standard InChI is InChI=1S/C28H38N4O2/c1-20-13-17-31(18-14-20)16-8-15-29-27(33)23-19-32(21-9-4-3-5-10-21)28(34)26-25(23)22-11-6-7-12-24(22)30(26)2/h6-7,11-12,19-21H,3-5,8-10,13-18H2,1-2H3,(H,29,33). The molecule has 1 aliphatic carbocycles. The number of nitrogens with zero attached hydrogens (tertiary/aromatic N) is 3. The molecule has 6 heteroatoms. The van der Waals surface area contributed by atoms with Gasteiger partial charge < -0.3 is 19.4 Å². The maximum absolute atomic E-state index is 13.7. The van der Waals surface area contributed by atoms with E-state index in [4.69, 9.17) is 0 Å². The highest BCUT2D eigenvalue weighted by Crippen LogP contribution is 2.32. The monoisotopic (exact) mass is 462 g/mol. The number of benzene rings is 1. The van der Waals surface area contributed by atoms with Crippen molar-refractivity contribution < 1.29 is 4.79 Å². The molecule has 2 aromatic heterocycles. The SMILES string of the molecule is CC1CCN(CCCNC(=O)c2cn(C3CCCCC3)c(=O)c3c2c2ccccc2n3C)CC1. The Hall–Kier alpha value is -2.60. The molecule has 0 atom stereocenters. The third-order valence-corrected chi connectivity index (χ3v) is 8.11. The zero-order valence-electron chi connectivity index (χ0n) is 20.7. The molecule has 5 rings (SSSR count). The zero-order valence-corrected chi connectivity index (χ0v) is 20.7. The number of pyridine rings is 1. The molecule has 1 saturated carbocycles. The van der Waals surface area contributed by atoms with Crippen LogP contribution in [0.4, 0.5) is 0 Å². The minimum Gasteiger partial charge on any atom is -0.352 e. The molecule has 0 radical (unpaired) electrons. The molecule has 1 aliphatic heterocycles. The summed E-state index contributed by atoms with van der Waals surface area (Å²) in [6.45, 7) is 6.34. The lowest BCUT2D eigenvalue weighted by atomic mass is 9.95. The van der Waals surface area contributed by atoms with Gasteiger partial charge >= 0.3 is 0 Å². The highest BCUT2D eigenvalue weighted by molar-refractivity contribution is 6.17. The molecule has 2 aliphatic rings. The fraction of sp³-hybridized carbons (Fsp3) is 0.571. The van der Waals surface area contributed by atoms with Crippen molar-refractivity contribution in [2.45, 2.75) is 64.3 Å². The van der Waals surface area contributed by atoms with E-state index in [0.29, 0.717) is 17.6 Å². The Bertz CT molecular complexity index is 1230. The molecule has 3 aromatic rings. The van der Waals surface area contributed by atoms with Crippen molar-refractivity contribution in [2.75, 3.05) is 26.2 Å². The molecule has 1 aromatic carbocycles. The van der Waals surface area contributed by atoms with E-state index < -0.39 is 0 Å². The highest BCUT2D eigenvalue weighted by atomic mass is 16.2. The Balaban J connectivity index is 1.44. The molecule has 34 heavy (non-hydrogen) atoms. The van der Waals surface area contributed by atoms with Crippen LogP contribution < -0.4 is 10.9 Å². The molecule has 2 fully saturated rings. The predicted molar refractivity (Wildman–Crippen MR) is 139 cm³/mol. The Labute approximate surface area is 201 Å². The Morgan fingerprint density at radius 3 is 2.56 bits per heavy atom. The molecule has 182 valence electrons. The number of amides is 1. The molecule has 6 nitrogen and oxygen atoms in total. The van der Waals surface area contributed by atoms with Crippen LogP contribution in [0.1, 0.15) is 74.7 Å². The molecule has 1 N–H and O–H groups in total.